The lowest BCUT2D eigenvalue weighted by atomic mass is 10.1. The Labute approximate surface area is 198 Å². The van der Waals surface area contributed by atoms with Gasteiger partial charge in [-0.25, -0.2) is 4.79 Å². The third kappa shape index (κ3) is 5.18. The Morgan fingerprint density at radius 1 is 0.882 bits per heavy atom. The van der Waals surface area contributed by atoms with E-state index in [4.69, 9.17) is 5.73 Å². The second-order valence-corrected chi connectivity index (χ2v) is 8.94. The summed E-state index contributed by atoms with van der Waals surface area (Å²) in [4.78, 5) is 43.1. The van der Waals surface area contributed by atoms with Crippen molar-refractivity contribution in [3.8, 4) is 0 Å². The number of nitrogens with zero attached hydrogens (tertiary/aromatic N) is 4. The summed E-state index contributed by atoms with van der Waals surface area (Å²) in [5, 5.41) is 0. The molecule has 0 amide bonds. The largest absolute Gasteiger partial charge is 0.384 e. The Hall–Kier alpha value is -3.49. The predicted molar refractivity (Wildman–Crippen MR) is 133 cm³/mol. The number of aromatic nitrogens is 2. The Kier molecular flexibility index (Phi) is 7.09. The number of nitrogen functional groups attached to an aromatic ring is 1. The topological polar surface area (TPSA) is 93.6 Å². The molecule has 8 heteroatoms. The average Bonchev–Trinajstić information content (AvgIpc) is 2.82. The molecule has 0 saturated carbocycles. The van der Waals surface area contributed by atoms with E-state index in [0.717, 1.165) is 42.9 Å². The van der Waals surface area contributed by atoms with Crippen molar-refractivity contribution in [2.75, 3.05) is 38.5 Å². The molecule has 4 rings (SSSR count). The quantitative estimate of drug-likeness (QED) is 0.536. The zero-order chi connectivity index (χ0) is 24.2. The van der Waals surface area contributed by atoms with Crippen LogP contribution in [0.1, 0.15) is 27.0 Å². The van der Waals surface area contributed by atoms with Crippen LogP contribution in [0.4, 0.5) is 5.82 Å². The summed E-state index contributed by atoms with van der Waals surface area (Å²) in [7, 11) is 1.38. The fraction of sp³-hybridized carbons (Fsp3) is 0.346. The minimum Gasteiger partial charge on any atom is -0.384 e. The third-order valence-electron chi connectivity index (χ3n) is 6.37. The van der Waals surface area contributed by atoms with Crippen LogP contribution in [0, 0.1) is 6.92 Å². The standard InChI is InChI=1S/C26H31N5O3/c1-19-7-6-10-21(15-19)16-29-11-13-30(14-12-29)18-22(32)23-24(27)31(26(34)28(2)25(23)33)17-20-8-4-3-5-9-20/h3-10,15H,11-14,16-18,27H2,1-2H3. The number of piperazine rings is 1. The summed E-state index contributed by atoms with van der Waals surface area (Å²) in [5.74, 6) is -0.424. The maximum absolute atomic E-state index is 13.2. The van der Waals surface area contributed by atoms with Gasteiger partial charge >= 0.3 is 5.69 Å². The van der Waals surface area contributed by atoms with Crippen molar-refractivity contribution in [1.82, 2.24) is 18.9 Å². The maximum Gasteiger partial charge on any atom is 0.332 e. The van der Waals surface area contributed by atoms with E-state index in [9.17, 15) is 14.4 Å². The molecule has 3 aromatic rings. The highest BCUT2D eigenvalue weighted by atomic mass is 16.2. The summed E-state index contributed by atoms with van der Waals surface area (Å²) >= 11 is 0. The molecule has 2 heterocycles. The van der Waals surface area contributed by atoms with Crippen molar-refractivity contribution >= 4 is 11.6 Å². The number of ketones is 1. The van der Waals surface area contributed by atoms with Gasteiger partial charge in [-0.15, -0.1) is 0 Å². The zero-order valence-electron chi connectivity index (χ0n) is 19.7. The van der Waals surface area contributed by atoms with Crippen LogP contribution in [-0.4, -0.2) is 57.4 Å². The molecule has 34 heavy (non-hydrogen) atoms. The first-order valence-electron chi connectivity index (χ1n) is 11.5. The second kappa shape index (κ2) is 10.2. The highest BCUT2D eigenvalue weighted by molar-refractivity contribution is 6.01. The Morgan fingerprint density at radius 3 is 2.21 bits per heavy atom. The van der Waals surface area contributed by atoms with Gasteiger partial charge in [0, 0.05) is 39.8 Å². The number of rotatable bonds is 7. The number of aryl methyl sites for hydroxylation is 1. The molecule has 8 nitrogen and oxygen atoms in total. The molecule has 178 valence electrons. The van der Waals surface area contributed by atoms with Gasteiger partial charge in [0.25, 0.3) is 5.56 Å². The third-order valence-corrected chi connectivity index (χ3v) is 6.37. The van der Waals surface area contributed by atoms with E-state index in [2.05, 4.69) is 36.1 Å². The van der Waals surface area contributed by atoms with Gasteiger partial charge in [0.05, 0.1) is 13.1 Å². The second-order valence-electron chi connectivity index (χ2n) is 8.94. The van der Waals surface area contributed by atoms with Crippen LogP contribution in [0.15, 0.2) is 64.2 Å². The van der Waals surface area contributed by atoms with Gasteiger partial charge in [0.15, 0.2) is 5.78 Å². The van der Waals surface area contributed by atoms with Crippen molar-refractivity contribution in [3.05, 3.63) is 97.7 Å². The Bertz CT molecular complexity index is 1290. The molecule has 2 aromatic carbocycles. The number of Topliss-reactive ketones (excluding diaryl/α,β-unsaturated/α-hetero) is 1. The van der Waals surface area contributed by atoms with Gasteiger partial charge in [-0.1, -0.05) is 60.2 Å². The van der Waals surface area contributed by atoms with Gasteiger partial charge in [-0.2, -0.15) is 0 Å². The van der Waals surface area contributed by atoms with Gasteiger partial charge in [-0.05, 0) is 18.1 Å². The highest BCUT2D eigenvalue weighted by Crippen LogP contribution is 2.13. The summed E-state index contributed by atoms with van der Waals surface area (Å²) in [5.41, 5.74) is 8.32. The Balaban J connectivity index is 1.46. The van der Waals surface area contributed by atoms with Crippen LogP contribution in [0.25, 0.3) is 0 Å². The van der Waals surface area contributed by atoms with E-state index in [1.807, 2.05) is 35.2 Å². The molecule has 1 fully saturated rings. The van der Waals surface area contributed by atoms with Crippen molar-refractivity contribution in [2.24, 2.45) is 7.05 Å². The highest BCUT2D eigenvalue weighted by Gasteiger charge is 2.25. The number of nitrogens with two attached hydrogens (primary N) is 1. The lowest BCUT2D eigenvalue weighted by Crippen LogP contribution is -2.49. The molecule has 0 spiro atoms. The average molecular weight is 462 g/mol. The van der Waals surface area contributed by atoms with Crippen molar-refractivity contribution in [3.63, 3.8) is 0 Å². The lowest BCUT2D eigenvalue weighted by molar-refractivity contribution is 0.0842. The minimum atomic E-state index is -0.644. The summed E-state index contributed by atoms with van der Waals surface area (Å²) < 4.78 is 2.26. The Morgan fingerprint density at radius 2 is 1.53 bits per heavy atom. The maximum atomic E-state index is 13.2. The van der Waals surface area contributed by atoms with Crippen LogP contribution in [0.5, 0.6) is 0 Å². The minimum absolute atomic E-state index is 0.0694. The summed E-state index contributed by atoms with van der Waals surface area (Å²) in [6, 6.07) is 17.8. The van der Waals surface area contributed by atoms with Gasteiger partial charge in [0.2, 0.25) is 0 Å². The molecule has 0 radical (unpaired) electrons. The fourth-order valence-electron chi connectivity index (χ4n) is 4.42. The molecule has 0 unspecified atom stereocenters. The number of benzene rings is 2. The molecular weight excluding hydrogens is 430 g/mol. The van der Waals surface area contributed by atoms with Crippen molar-refractivity contribution in [2.45, 2.75) is 20.0 Å². The van der Waals surface area contributed by atoms with Crippen molar-refractivity contribution in [1.29, 1.82) is 0 Å². The van der Waals surface area contributed by atoms with Crippen LogP contribution in [0.3, 0.4) is 0 Å². The lowest BCUT2D eigenvalue weighted by Gasteiger charge is -2.34. The number of carbonyl (C=O) groups excluding carboxylic acids is 1. The number of anilines is 1. The van der Waals surface area contributed by atoms with Crippen molar-refractivity contribution < 1.29 is 4.79 Å². The molecule has 0 atom stereocenters. The SMILES string of the molecule is Cc1cccc(CN2CCN(CC(=O)c3c(N)n(Cc4ccccc4)c(=O)n(C)c3=O)CC2)c1. The van der Waals surface area contributed by atoms with E-state index in [-0.39, 0.29) is 30.3 Å². The smallest absolute Gasteiger partial charge is 0.332 e. The number of hydrogen-bond acceptors (Lipinski definition) is 6. The summed E-state index contributed by atoms with van der Waals surface area (Å²) in [6.45, 7) is 6.37. The first-order valence-corrected chi connectivity index (χ1v) is 11.5. The molecule has 0 aliphatic carbocycles. The first-order chi connectivity index (χ1) is 16.3. The predicted octanol–water partition coefficient (Wildman–Crippen LogP) is 1.49. The van der Waals surface area contributed by atoms with E-state index in [1.54, 1.807) is 0 Å². The molecular formula is C26H31N5O3. The van der Waals surface area contributed by atoms with Crippen LogP contribution < -0.4 is 17.0 Å². The van der Waals surface area contributed by atoms with Gasteiger partial charge < -0.3 is 5.73 Å². The first kappa shape index (κ1) is 23.7. The summed E-state index contributed by atoms with van der Waals surface area (Å²) in [6.07, 6.45) is 0. The normalized spacial score (nSPS) is 14.9. The van der Waals surface area contributed by atoms with E-state index < -0.39 is 11.2 Å². The van der Waals surface area contributed by atoms with Gasteiger partial charge in [0.1, 0.15) is 11.4 Å². The van der Waals surface area contributed by atoms with Crippen LogP contribution in [0.2, 0.25) is 0 Å². The molecule has 1 aromatic heterocycles. The number of carbonyl (C=O) groups is 1. The zero-order valence-corrected chi connectivity index (χ0v) is 19.7. The monoisotopic (exact) mass is 461 g/mol. The molecule has 2 N–H and O–H groups in total. The fourth-order valence-corrected chi connectivity index (χ4v) is 4.42. The van der Waals surface area contributed by atoms with Gasteiger partial charge in [-0.3, -0.25) is 28.5 Å². The molecule has 1 aliphatic rings. The molecule has 0 bridgehead atoms. The number of hydrogen-bond donors (Lipinski definition) is 1. The van der Waals surface area contributed by atoms with E-state index in [1.165, 1.54) is 22.7 Å². The molecule has 1 saturated heterocycles. The van der Waals surface area contributed by atoms with Crippen LogP contribution in [-0.2, 0) is 20.1 Å². The van der Waals surface area contributed by atoms with Crippen LogP contribution >= 0.6 is 0 Å². The molecule has 1 aliphatic heterocycles. The van der Waals surface area contributed by atoms with E-state index in [0.29, 0.717) is 0 Å². The van der Waals surface area contributed by atoms with E-state index >= 15 is 0 Å².